The molecule has 0 saturated carbocycles. The van der Waals surface area contributed by atoms with Crippen LogP contribution in [0, 0.1) is 13.8 Å². The van der Waals surface area contributed by atoms with Crippen molar-refractivity contribution in [3.05, 3.63) is 28.8 Å². The Morgan fingerprint density at radius 2 is 1.50 bits per heavy atom. The quantitative estimate of drug-likeness (QED) is 0.372. The average Bonchev–Trinajstić information content (AvgIpc) is 2.52. The van der Waals surface area contributed by atoms with Crippen molar-refractivity contribution in [3.63, 3.8) is 0 Å². The number of nitrogens with two attached hydrogens (primary N) is 1. The minimum atomic E-state index is -0.237. The van der Waals surface area contributed by atoms with E-state index < -0.39 is 0 Å². The summed E-state index contributed by atoms with van der Waals surface area (Å²) in [4.78, 5) is 14.8. The highest BCUT2D eigenvalue weighted by Crippen LogP contribution is 2.19. The molecular formula is C20H34N2O2. The molecule has 0 fully saturated rings. The summed E-state index contributed by atoms with van der Waals surface area (Å²) >= 11 is 0. The third-order valence-corrected chi connectivity index (χ3v) is 4.27. The maximum Gasteiger partial charge on any atom is 0.338 e. The van der Waals surface area contributed by atoms with Crippen molar-refractivity contribution < 1.29 is 9.53 Å². The van der Waals surface area contributed by atoms with Gasteiger partial charge in [-0.25, -0.2) is 4.79 Å². The number of rotatable bonds is 11. The maximum absolute atomic E-state index is 12.3. The van der Waals surface area contributed by atoms with Gasteiger partial charge in [-0.05, 0) is 69.5 Å². The predicted octanol–water partition coefficient (Wildman–Crippen LogP) is 4.33. The molecule has 0 aromatic heterocycles. The molecule has 1 aromatic carbocycles. The van der Waals surface area contributed by atoms with Crippen LogP contribution >= 0.6 is 0 Å². The number of ether oxygens (including phenoxy) is 1. The minimum absolute atomic E-state index is 0.237. The van der Waals surface area contributed by atoms with Crippen molar-refractivity contribution in [1.29, 1.82) is 0 Å². The molecule has 0 saturated heterocycles. The fourth-order valence-electron chi connectivity index (χ4n) is 2.94. The van der Waals surface area contributed by atoms with E-state index in [0.717, 1.165) is 37.2 Å². The van der Waals surface area contributed by atoms with Crippen LogP contribution in [-0.4, -0.2) is 37.1 Å². The molecule has 0 aliphatic carbocycles. The maximum atomic E-state index is 12.3. The lowest BCUT2D eigenvalue weighted by Crippen LogP contribution is -2.28. The van der Waals surface area contributed by atoms with Gasteiger partial charge >= 0.3 is 5.97 Å². The molecule has 24 heavy (non-hydrogen) atoms. The van der Waals surface area contributed by atoms with Crippen molar-refractivity contribution in [2.45, 2.75) is 59.8 Å². The highest BCUT2D eigenvalue weighted by molar-refractivity contribution is 5.93. The van der Waals surface area contributed by atoms with E-state index >= 15 is 0 Å². The molecule has 0 unspecified atom stereocenters. The number of aryl methyl sites for hydroxylation is 2. The van der Waals surface area contributed by atoms with Crippen molar-refractivity contribution in [1.82, 2.24) is 4.90 Å². The Morgan fingerprint density at radius 1 is 1.00 bits per heavy atom. The molecule has 0 atom stereocenters. The first-order valence-corrected chi connectivity index (χ1v) is 9.25. The van der Waals surface area contributed by atoms with Gasteiger partial charge in [-0.15, -0.1) is 0 Å². The van der Waals surface area contributed by atoms with Gasteiger partial charge in [-0.3, -0.25) is 0 Å². The van der Waals surface area contributed by atoms with E-state index in [-0.39, 0.29) is 5.97 Å². The summed E-state index contributed by atoms with van der Waals surface area (Å²) in [7, 11) is 0. The second-order valence-corrected chi connectivity index (χ2v) is 6.57. The molecule has 4 nitrogen and oxygen atoms in total. The minimum Gasteiger partial charge on any atom is -0.462 e. The summed E-state index contributed by atoms with van der Waals surface area (Å²) in [5.74, 6) is -0.237. The van der Waals surface area contributed by atoms with Crippen LogP contribution in [0.4, 0.5) is 5.69 Å². The van der Waals surface area contributed by atoms with Crippen LogP contribution < -0.4 is 5.73 Å². The van der Waals surface area contributed by atoms with Gasteiger partial charge in [-0.2, -0.15) is 0 Å². The highest BCUT2D eigenvalue weighted by atomic mass is 16.5. The lowest BCUT2D eigenvalue weighted by atomic mass is 10.0. The van der Waals surface area contributed by atoms with Gasteiger partial charge < -0.3 is 15.4 Å². The molecule has 0 amide bonds. The topological polar surface area (TPSA) is 55.6 Å². The lowest BCUT2D eigenvalue weighted by Gasteiger charge is -2.21. The van der Waals surface area contributed by atoms with Crippen molar-refractivity contribution in [3.8, 4) is 0 Å². The fraction of sp³-hybridized carbons (Fsp3) is 0.650. The molecule has 0 bridgehead atoms. The molecule has 136 valence electrons. The number of carbonyl (C=O) groups excluding carboxylic acids is 1. The van der Waals surface area contributed by atoms with Crippen LogP contribution in [-0.2, 0) is 4.74 Å². The molecule has 4 heteroatoms. The van der Waals surface area contributed by atoms with Crippen LogP contribution in [0.2, 0.25) is 0 Å². The van der Waals surface area contributed by atoms with Crippen molar-refractivity contribution in [2.75, 3.05) is 32.0 Å². The molecular weight excluding hydrogens is 300 g/mol. The second-order valence-electron chi connectivity index (χ2n) is 6.57. The van der Waals surface area contributed by atoms with Gasteiger partial charge in [0.25, 0.3) is 0 Å². The van der Waals surface area contributed by atoms with Crippen molar-refractivity contribution in [2.24, 2.45) is 0 Å². The summed E-state index contributed by atoms with van der Waals surface area (Å²) in [5.41, 5.74) is 8.90. The number of anilines is 1. The van der Waals surface area contributed by atoms with Crippen LogP contribution in [0.3, 0.4) is 0 Å². The van der Waals surface area contributed by atoms with E-state index in [1.54, 1.807) is 0 Å². The first-order valence-electron chi connectivity index (χ1n) is 9.25. The van der Waals surface area contributed by atoms with Gasteiger partial charge in [0.2, 0.25) is 0 Å². The largest absolute Gasteiger partial charge is 0.462 e. The Morgan fingerprint density at radius 3 is 2.00 bits per heavy atom. The van der Waals surface area contributed by atoms with E-state index in [1.165, 1.54) is 25.7 Å². The molecule has 0 radical (unpaired) electrons. The highest BCUT2D eigenvalue weighted by Gasteiger charge is 2.14. The third-order valence-electron chi connectivity index (χ3n) is 4.27. The molecule has 2 N–H and O–H groups in total. The van der Waals surface area contributed by atoms with Crippen LogP contribution in [0.1, 0.15) is 67.4 Å². The Balaban J connectivity index is 2.44. The summed E-state index contributed by atoms with van der Waals surface area (Å²) < 4.78 is 5.48. The summed E-state index contributed by atoms with van der Waals surface area (Å²) in [6, 6.07) is 3.64. The Labute approximate surface area is 147 Å². The Hall–Kier alpha value is -1.55. The van der Waals surface area contributed by atoms with E-state index in [1.807, 2.05) is 26.0 Å². The number of hydrogen-bond donors (Lipinski definition) is 1. The van der Waals surface area contributed by atoms with E-state index in [9.17, 15) is 4.79 Å². The zero-order chi connectivity index (χ0) is 17.9. The standard InChI is InChI=1S/C20H34N2O2/c1-5-7-10-22(11-8-6-2)12-9-13-24-20(23)19-16(3)14-18(21)15-17(19)4/h14-15H,5-13,21H2,1-4H3. The smallest absolute Gasteiger partial charge is 0.338 e. The summed E-state index contributed by atoms with van der Waals surface area (Å²) in [6.07, 6.45) is 5.77. The molecule has 0 aliphatic rings. The Kier molecular flexibility index (Phi) is 9.46. The monoisotopic (exact) mass is 334 g/mol. The van der Waals surface area contributed by atoms with Crippen LogP contribution in [0.5, 0.6) is 0 Å². The molecule has 0 spiro atoms. The van der Waals surface area contributed by atoms with Gasteiger partial charge in [-0.1, -0.05) is 26.7 Å². The molecule has 1 rings (SSSR count). The molecule has 0 heterocycles. The van der Waals surface area contributed by atoms with E-state index in [0.29, 0.717) is 17.9 Å². The Bertz CT molecular complexity index is 483. The van der Waals surface area contributed by atoms with Crippen LogP contribution in [0.15, 0.2) is 12.1 Å². The number of unbranched alkanes of at least 4 members (excludes halogenated alkanes) is 2. The predicted molar refractivity (Wildman–Crippen MR) is 101 cm³/mol. The zero-order valence-electron chi connectivity index (χ0n) is 15.9. The number of hydrogen-bond acceptors (Lipinski definition) is 4. The van der Waals surface area contributed by atoms with Gasteiger partial charge in [0.1, 0.15) is 0 Å². The average molecular weight is 335 g/mol. The normalized spacial score (nSPS) is 11.0. The van der Waals surface area contributed by atoms with Crippen LogP contribution in [0.25, 0.3) is 0 Å². The number of nitrogens with zero attached hydrogens (tertiary/aromatic N) is 1. The first-order chi connectivity index (χ1) is 11.5. The number of benzene rings is 1. The SMILES string of the molecule is CCCCN(CCCC)CCCOC(=O)c1c(C)cc(N)cc1C. The van der Waals surface area contributed by atoms with Gasteiger partial charge in [0.05, 0.1) is 12.2 Å². The molecule has 0 aliphatic heterocycles. The summed E-state index contributed by atoms with van der Waals surface area (Å²) in [5, 5.41) is 0. The molecule has 1 aromatic rings. The van der Waals surface area contributed by atoms with E-state index in [4.69, 9.17) is 10.5 Å². The lowest BCUT2D eigenvalue weighted by molar-refractivity contribution is 0.0486. The fourth-order valence-corrected chi connectivity index (χ4v) is 2.94. The second kappa shape index (κ2) is 11.1. The first kappa shape index (κ1) is 20.5. The van der Waals surface area contributed by atoms with Crippen molar-refractivity contribution >= 4 is 11.7 Å². The van der Waals surface area contributed by atoms with E-state index in [2.05, 4.69) is 18.7 Å². The van der Waals surface area contributed by atoms with Gasteiger partial charge in [0, 0.05) is 12.2 Å². The van der Waals surface area contributed by atoms with Gasteiger partial charge in [0.15, 0.2) is 0 Å². The summed E-state index contributed by atoms with van der Waals surface area (Å²) in [6.45, 7) is 12.0. The zero-order valence-corrected chi connectivity index (χ0v) is 15.9. The number of carbonyl (C=O) groups is 1. The number of nitrogen functional groups attached to an aromatic ring is 1. The number of esters is 1. The third kappa shape index (κ3) is 6.91.